The summed E-state index contributed by atoms with van der Waals surface area (Å²) in [6.45, 7) is 1.43. The summed E-state index contributed by atoms with van der Waals surface area (Å²) in [5.74, 6) is -1.05. The minimum atomic E-state index is -0.832. The largest absolute Gasteiger partial charge is 0.467 e. The van der Waals surface area contributed by atoms with Gasteiger partial charge in [0, 0.05) is 18.8 Å². The molecule has 0 bridgehead atoms. The Hall–Kier alpha value is -2.24. The van der Waals surface area contributed by atoms with E-state index in [1.165, 1.54) is 20.2 Å². The van der Waals surface area contributed by atoms with Gasteiger partial charge >= 0.3 is 5.97 Å². The molecule has 1 aromatic heterocycles. The Morgan fingerprint density at radius 1 is 1.42 bits per heavy atom. The summed E-state index contributed by atoms with van der Waals surface area (Å²) in [7, 11) is 1.24. The second-order valence-electron chi connectivity index (χ2n) is 4.03. The number of nitrogens with zero attached hydrogens (tertiary/aromatic N) is 1. The second-order valence-corrected chi connectivity index (χ2v) is 4.03. The zero-order valence-corrected chi connectivity index (χ0v) is 10.9. The summed E-state index contributed by atoms with van der Waals surface area (Å²) in [6, 6.07) is 2.38. The molecule has 1 N–H and O–H groups in total. The monoisotopic (exact) mass is 264 g/mol. The van der Waals surface area contributed by atoms with Crippen molar-refractivity contribution in [3.8, 4) is 0 Å². The van der Waals surface area contributed by atoms with E-state index in [2.05, 4.69) is 15.0 Å². The molecule has 1 amide bonds. The molecule has 0 aliphatic rings. The van der Waals surface area contributed by atoms with Crippen LogP contribution in [0.2, 0.25) is 0 Å². The van der Waals surface area contributed by atoms with E-state index in [1.54, 1.807) is 18.3 Å². The van der Waals surface area contributed by atoms with Crippen LogP contribution in [-0.4, -0.2) is 35.8 Å². The van der Waals surface area contributed by atoms with Crippen molar-refractivity contribution in [3.05, 3.63) is 30.1 Å². The van der Waals surface area contributed by atoms with Gasteiger partial charge < -0.3 is 14.8 Å². The maximum atomic E-state index is 11.9. The summed E-state index contributed by atoms with van der Waals surface area (Å²) < 4.78 is 4.60. The fraction of sp³-hybridized carbons (Fsp3) is 0.385. The maximum Gasteiger partial charge on any atom is 0.328 e. The van der Waals surface area contributed by atoms with Gasteiger partial charge in [-0.3, -0.25) is 9.78 Å². The summed E-state index contributed by atoms with van der Waals surface area (Å²) in [5.41, 5.74) is 0.347. The van der Waals surface area contributed by atoms with Crippen LogP contribution in [0, 0.1) is 0 Å². The lowest BCUT2D eigenvalue weighted by atomic mass is 10.1. The Morgan fingerprint density at radius 3 is 2.68 bits per heavy atom. The SMILES string of the molecule is COC(=O)[C@@H](CCC(C)=O)NC(=O)c1cccnc1. The molecule has 6 nitrogen and oxygen atoms in total. The molecule has 1 aromatic rings. The first-order valence-electron chi connectivity index (χ1n) is 5.82. The minimum absolute atomic E-state index is 0.0514. The predicted octanol–water partition coefficient (Wildman–Crippen LogP) is 0.722. The number of carbonyl (C=O) groups is 3. The Labute approximate surface area is 111 Å². The van der Waals surface area contributed by atoms with Crippen molar-refractivity contribution in [2.45, 2.75) is 25.8 Å². The standard InChI is InChI=1S/C13H16N2O4/c1-9(16)5-6-11(13(18)19-2)15-12(17)10-4-3-7-14-8-10/h3-4,7-8,11H,5-6H2,1-2H3,(H,15,17)/t11-/m1/s1. The number of ketones is 1. The van der Waals surface area contributed by atoms with E-state index in [4.69, 9.17) is 0 Å². The van der Waals surface area contributed by atoms with Crippen LogP contribution in [0.25, 0.3) is 0 Å². The minimum Gasteiger partial charge on any atom is -0.467 e. The highest BCUT2D eigenvalue weighted by Crippen LogP contribution is 2.03. The normalized spacial score (nSPS) is 11.5. The Morgan fingerprint density at radius 2 is 2.16 bits per heavy atom. The number of Topliss-reactive ketones (excluding diaryl/α,β-unsaturated/α-hetero) is 1. The van der Waals surface area contributed by atoms with Gasteiger partial charge in [0.15, 0.2) is 0 Å². The number of hydrogen-bond acceptors (Lipinski definition) is 5. The van der Waals surface area contributed by atoms with E-state index >= 15 is 0 Å². The zero-order chi connectivity index (χ0) is 14.3. The number of carbonyl (C=O) groups excluding carboxylic acids is 3. The van der Waals surface area contributed by atoms with Gasteiger partial charge in [-0.2, -0.15) is 0 Å². The van der Waals surface area contributed by atoms with Gasteiger partial charge in [-0.05, 0) is 25.5 Å². The lowest BCUT2D eigenvalue weighted by Crippen LogP contribution is -2.41. The molecule has 0 unspecified atom stereocenters. The third kappa shape index (κ3) is 4.87. The molecular formula is C13H16N2O4. The lowest BCUT2D eigenvalue weighted by Gasteiger charge is -2.15. The van der Waals surface area contributed by atoms with Crippen molar-refractivity contribution in [3.63, 3.8) is 0 Å². The first kappa shape index (κ1) is 14.8. The number of amides is 1. The van der Waals surface area contributed by atoms with Crippen molar-refractivity contribution in [2.24, 2.45) is 0 Å². The lowest BCUT2D eigenvalue weighted by molar-refractivity contribution is -0.143. The van der Waals surface area contributed by atoms with Crippen LogP contribution in [0.3, 0.4) is 0 Å². The van der Waals surface area contributed by atoms with Gasteiger partial charge in [0.25, 0.3) is 5.91 Å². The second kappa shape index (κ2) is 7.25. The maximum absolute atomic E-state index is 11.9. The summed E-state index contributed by atoms with van der Waals surface area (Å²) >= 11 is 0. The van der Waals surface area contributed by atoms with Crippen molar-refractivity contribution in [2.75, 3.05) is 7.11 Å². The number of ether oxygens (including phenoxy) is 1. The van der Waals surface area contributed by atoms with Crippen molar-refractivity contribution < 1.29 is 19.1 Å². The Bertz CT molecular complexity index is 459. The summed E-state index contributed by atoms with van der Waals surface area (Å²) in [5, 5.41) is 2.53. The molecule has 1 atom stereocenters. The van der Waals surface area contributed by atoms with E-state index in [-0.39, 0.29) is 18.6 Å². The van der Waals surface area contributed by atoms with Crippen LogP contribution in [0.15, 0.2) is 24.5 Å². The van der Waals surface area contributed by atoms with Crippen LogP contribution in [0.5, 0.6) is 0 Å². The first-order chi connectivity index (χ1) is 9.04. The third-order valence-electron chi connectivity index (χ3n) is 2.50. The Kier molecular flexibility index (Phi) is 5.66. The molecular weight excluding hydrogens is 248 g/mol. The predicted molar refractivity (Wildman–Crippen MR) is 67.4 cm³/mol. The average molecular weight is 264 g/mol. The smallest absolute Gasteiger partial charge is 0.328 e. The van der Waals surface area contributed by atoms with Crippen LogP contribution in [-0.2, 0) is 14.3 Å². The van der Waals surface area contributed by atoms with Crippen LogP contribution in [0.4, 0.5) is 0 Å². The molecule has 0 spiro atoms. The van der Waals surface area contributed by atoms with Crippen molar-refractivity contribution >= 4 is 17.7 Å². The van der Waals surface area contributed by atoms with Crippen molar-refractivity contribution in [1.82, 2.24) is 10.3 Å². The van der Waals surface area contributed by atoms with Gasteiger partial charge in [0.05, 0.1) is 12.7 Å². The average Bonchev–Trinajstić information content (AvgIpc) is 2.43. The summed E-state index contributed by atoms with van der Waals surface area (Å²) in [6.07, 6.45) is 3.36. The topological polar surface area (TPSA) is 85.4 Å². The van der Waals surface area contributed by atoms with Crippen LogP contribution in [0.1, 0.15) is 30.1 Å². The van der Waals surface area contributed by atoms with E-state index < -0.39 is 17.9 Å². The van der Waals surface area contributed by atoms with Gasteiger partial charge in [0.1, 0.15) is 11.8 Å². The van der Waals surface area contributed by atoms with Gasteiger partial charge in [-0.15, -0.1) is 0 Å². The number of pyridine rings is 1. The number of methoxy groups -OCH3 is 1. The highest BCUT2D eigenvalue weighted by Gasteiger charge is 2.22. The highest BCUT2D eigenvalue weighted by molar-refractivity contribution is 5.96. The van der Waals surface area contributed by atoms with Crippen LogP contribution >= 0.6 is 0 Å². The molecule has 102 valence electrons. The van der Waals surface area contributed by atoms with E-state index in [1.807, 2.05) is 0 Å². The fourth-order valence-electron chi connectivity index (χ4n) is 1.48. The highest BCUT2D eigenvalue weighted by atomic mass is 16.5. The molecule has 19 heavy (non-hydrogen) atoms. The van der Waals surface area contributed by atoms with Crippen LogP contribution < -0.4 is 5.32 Å². The summed E-state index contributed by atoms with van der Waals surface area (Å²) in [4.78, 5) is 38.2. The number of aromatic nitrogens is 1. The van der Waals surface area contributed by atoms with E-state index in [0.29, 0.717) is 5.56 Å². The van der Waals surface area contributed by atoms with Gasteiger partial charge in [0.2, 0.25) is 0 Å². The number of rotatable bonds is 6. The molecule has 0 aliphatic carbocycles. The van der Waals surface area contributed by atoms with E-state index in [0.717, 1.165) is 0 Å². The molecule has 0 radical (unpaired) electrons. The zero-order valence-electron chi connectivity index (χ0n) is 10.9. The molecule has 0 saturated carbocycles. The molecule has 0 aliphatic heterocycles. The molecule has 1 rings (SSSR count). The fourth-order valence-corrected chi connectivity index (χ4v) is 1.48. The molecule has 6 heteroatoms. The molecule has 0 fully saturated rings. The molecule has 1 heterocycles. The quantitative estimate of drug-likeness (QED) is 0.765. The number of hydrogen-bond donors (Lipinski definition) is 1. The first-order valence-corrected chi connectivity index (χ1v) is 5.82. The number of esters is 1. The molecule has 0 aromatic carbocycles. The van der Waals surface area contributed by atoms with Crippen molar-refractivity contribution in [1.29, 1.82) is 0 Å². The molecule has 0 saturated heterocycles. The number of nitrogens with one attached hydrogen (secondary N) is 1. The van der Waals surface area contributed by atoms with Gasteiger partial charge in [-0.25, -0.2) is 4.79 Å². The van der Waals surface area contributed by atoms with E-state index in [9.17, 15) is 14.4 Å². The third-order valence-corrected chi connectivity index (χ3v) is 2.50. The van der Waals surface area contributed by atoms with Gasteiger partial charge in [-0.1, -0.05) is 0 Å². The Balaban J connectivity index is 2.69.